The van der Waals surface area contributed by atoms with E-state index in [2.05, 4.69) is 25.9 Å². The molecule has 0 radical (unpaired) electrons. The van der Waals surface area contributed by atoms with Gasteiger partial charge in [-0.3, -0.25) is 4.79 Å². The number of aliphatic imine (C=N–C) groups is 1. The van der Waals surface area contributed by atoms with Crippen LogP contribution in [0.4, 0.5) is 18.9 Å². The number of thiazole rings is 1. The molecule has 0 unspecified atom stereocenters. The second-order valence-electron chi connectivity index (χ2n) is 5.90. The molecule has 1 amide bonds. The van der Waals surface area contributed by atoms with Crippen LogP contribution in [0.2, 0.25) is 5.02 Å². The van der Waals surface area contributed by atoms with Gasteiger partial charge in [-0.15, -0.1) is 35.3 Å². The van der Waals surface area contributed by atoms with E-state index in [-0.39, 0.29) is 41.4 Å². The molecule has 2 rings (SSSR count). The predicted molar refractivity (Wildman–Crippen MR) is 125 cm³/mol. The monoisotopic (exact) mass is 575 g/mol. The third kappa shape index (κ3) is 9.47. The Hall–Kier alpha value is -1.60. The summed E-state index contributed by atoms with van der Waals surface area (Å²) in [6, 6.07) is 6.82. The smallest absolute Gasteiger partial charge is 0.357 e. The van der Waals surface area contributed by atoms with E-state index in [1.165, 1.54) is 0 Å². The summed E-state index contributed by atoms with van der Waals surface area (Å²) in [5.74, 6) is 0.327. The Kier molecular flexibility index (Phi) is 11.4. The molecule has 0 bridgehead atoms. The number of nitrogens with one attached hydrogen (secondary N) is 3. The van der Waals surface area contributed by atoms with Crippen LogP contribution in [0.3, 0.4) is 0 Å². The lowest BCUT2D eigenvalue weighted by Crippen LogP contribution is -2.38. The summed E-state index contributed by atoms with van der Waals surface area (Å²) in [7, 11) is 0. The van der Waals surface area contributed by atoms with Crippen molar-refractivity contribution in [3.05, 3.63) is 45.4 Å². The average molecular weight is 576 g/mol. The van der Waals surface area contributed by atoms with Crippen molar-refractivity contribution in [2.45, 2.75) is 32.5 Å². The van der Waals surface area contributed by atoms with Crippen molar-refractivity contribution in [3.8, 4) is 0 Å². The number of nitrogens with zero attached hydrogens (tertiary/aromatic N) is 2. The van der Waals surface area contributed by atoms with Crippen molar-refractivity contribution in [1.29, 1.82) is 0 Å². The second-order valence-corrected chi connectivity index (χ2v) is 7.28. The molecule has 0 aliphatic rings. The van der Waals surface area contributed by atoms with Gasteiger partial charge in [-0.25, -0.2) is 9.98 Å². The molecule has 1 aromatic heterocycles. The number of carbonyl (C=O) groups is 1. The van der Waals surface area contributed by atoms with Crippen molar-refractivity contribution in [2.75, 3.05) is 18.4 Å². The fraction of sp³-hybridized carbons (Fsp3) is 0.389. The lowest BCUT2D eigenvalue weighted by atomic mass is 10.2. The SMILES string of the molecule is CCNC(=NCc1nc(C(F)(F)F)cs1)NCCCC(=O)Nc1ccc(Cl)cc1.I. The van der Waals surface area contributed by atoms with Gasteiger partial charge in [0.05, 0.1) is 6.54 Å². The van der Waals surface area contributed by atoms with Crippen LogP contribution in [-0.4, -0.2) is 29.9 Å². The highest BCUT2D eigenvalue weighted by Gasteiger charge is 2.33. The number of benzene rings is 1. The molecule has 12 heteroatoms. The van der Waals surface area contributed by atoms with Crippen molar-refractivity contribution >= 4 is 64.5 Å². The standard InChI is InChI=1S/C18H21ClF3N5OS.HI/c1-2-23-17(25-10-16-27-14(11-29-16)18(20,21)22)24-9-3-4-15(28)26-13-7-5-12(19)6-8-13;/h5-8,11H,2-4,9-10H2,1H3,(H,26,28)(H2,23,24,25);1H. The summed E-state index contributed by atoms with van der Waals surface area (Å²) < 4.78 is 37.8. The van der Waals surface area contributed by atoms with Crippen LogP contribution in [0.15, 0.2) is 34.6 Å². The summed E-state index contributed by atoms with van der Waals surface area (Å²) in [4.78, 5) is 19.7. The summed E-state index contributed by atoms with van der Waals surface area (Å²) in [6.07, 6.45) is -3.59. The van der Waals surface area contributed by atoms with Crippen molar-refractivity contribution < 1.29 is 18.0 Å². The van der Waals surface area contributed by atoms with E-state index < -0.39 is 11.9 Å². The Morgan fingerprint density at radius 3 is 2.53 bits per heavy atom. The number of aromatic nitrogens is 1. The fourth-order valence-electron chi connectivity index (χ4n) is 2.21. The maximum Gasteiger partial charge on any atom is 0.434 e. The largest absolute Gasteiger partial charge is 0.434 e. The van der Waals surface area contributed by atoms with E-state index in [1.54, 1.807) is 24.3 Å². The molecule has 0 spiro atoms. The Balaban J connectivity index is 0.00000450. The van der Waals surface area contributed by atoms with Crippen LogP contribution in [0.1, 0.15) is 30.5 Å². The molecule has 0 saturated carbocycles. The molecule has 2 aromatic rings. The Labute approximate surface area is 198 Å². The van der Waals surface area contributed by atoms with Gasteiger partial charge >= 0.3 is 6.18 Å². The number of anilines is 1. The quantitative estimate of drug-likeness (QED) is 0.181. The molecule has 0 aliphatic carbocycles. The molecule has 6 nitrogen and oxygen atoms in total. The molecular formula is C18H22ClF3IN5OS. The zero-order valence-corrected chi connectivity index (χ0v) is 20.0. The van der Waals surface area contributed by atoms with Crippen LogP contribution < -0.4 is 16.0 Å². The molecule has 1 aromatic carbocycles. The minimum atomic E-state index is -4.45. The molecule has 0 aliphatic heterocycles. The number of halogens is 5. The molecule has 1 heterocycles. The molecular weight excluding hydrogens is 554 g/mol. The maximum absolute atomic E-state index is 12.6. The third-order valence-electron chi connectivity index (χ3n) is 3.56. The number of hydrogen-bond acceptors (Lipinski definition) is 4. The molecule has 166 valence electrons. The van der Waals surface area contributed by atoms with Crippen molar-refractivity contribution in [2.24, 2.45) is 4.99 Å². The number of carbonyl (C=O) groups excluding carboxylic acids is 1. The zero-order chi connectivity index (χ0) is 21.3. The number of alkyl halides is 3. The van der Waals surface area contributed by atoms with E-state index in [0.29, 0.717) is 42.6 Å². The van der Waals surface area contributed by atoms with E-state index in [9.17, 15) is 18.0 Å². The lowest BCUT2D eigenvalue weighted by Gasteiger charge is -2.11. The molecule has 3 N–H and O–H groups in total. The van der Waals surface area contributed by atoms with E-state index >= 15 is 0 Å². The third-order valence-corrected chi connectivity index (χ3v) is 4.65. The van der Waals surface area contributed by atoms with E-state index in [4.69, 9.17) is 11.6 Å². The molecule has 0 fully saturated rings. The van der Waals surface area contributed by atoms with Gasteiger partial charge < -0.3 is 16.0 Å². The van der Waals surface area contributed by atoms with Gasteiger partial charge in [-0.1, -0.05) is 11.6 Å². The first kappa shape index (κ1) is 26.4. The number of guanidine groups is 1. The summed E-state index contributed by atoms with van der Waals surface area (Å²) in [6.45, 7) is 2.98. The summed E-state index contributed by atoms with van der Waals surface area (Å²) >= 11 is 6.72. The van der Waals surface area contributed by atoms with Crippen LogP contribution in [-0.2, 0) is 17.5 Å². The summed E-state index contributed by atoms with van der Waals surface area (Å²) in [5, 5.41) is 10.7. The summed E-state index contributed by atoms with van der Waals surface area (Å²) in [5.41, 5.74) is -0.235. The average Bonchev–Trinajstić information content (AvgIpc) is 3.14. The number of hydrogen-bond donors (Lipinski definition) is 3. The van der Waals surface area contributed by atoms with Gasteiger partial charge in [0.2, 0.25) is 5.91 Å². The van der Waals surface area contributed by atoms with Crippen molar-refractivity contribution in [1.82, 2.24) is 15.6 Å². The van der Waals surface area contributed by atoms with Crippen LogP contribution in [0.25, 0.3) is 0 Å². The second kappa shape index (κ2) is 13.0. The normalized spacial score (nSPS) is 11.6. The Bertz CT molecular complexity index is 830. The zero-order valence-electron chi connectivity index (χ0n) is 16.1. The van der Waals surface area contributed by atoms with Gasteiger partial charge in [0.1, 0.15) is 5.01 Å². The van der Waals surface area contributed by atoms with Gasteiger partial charge in [0.15, 0.2) is 11.7 Å². The highest BCUT2D eigenvalue weighted by molar-refractivity contribution is 14.0. The molecule has 30 heavy (non-hydrogen) atoms. The van der Waals surface area contributed by atoms with Gasteiger partial charge in [0.25, 0.3) is 0 Å². The fourth-order valence-corrected chi connectivity index (χ4v) is 3.06. The van der Waals surface area contributed by atoms with Gasteiger partial charge in [-0.2, -0.15) is 13.2 Å². The van der Waals surface area contributed by atoms with Crippen LogP contribution >= 0.6 is 46.9 Å². The molecule has 0 saturated heterocycles. The van der Waals surface area contributed by atoms with Crippen LogP contribution in [0, 0.1) is 0 Å². The predicted octanol–water partition coefficient (Wildman–Crippen LogP) is 4.91. The van der Waals surface area contributed by atoms with Gasteiger partial charge in [0, 0.05) is 35.6 Å². The van der Waals surface area contributed by atoms with Crippen LogP contribution in [0.5, 0.6) is 0 Å². The molecule has 0 atom stereocenters. The first-order chi connectivity index (χ1) is 13.8. The van der Waals surface area contributed by atoms with E-state index in [1.807, 2.05) is 6.92 Å². The first-order valence-corrected chi connectivity index (χ1v) is 10.1. The minimum Gasteiger partial charge on any atom is -0.357 e. The lowest BCUT2D eigenvalue weighted by molar-refractivity contribution is -0.140. The van der Waals surface area contributed by atoms with Gasteiger partial charge in [-0.05, 0) is 37.6 Å². The topological polar surface area (TPSA) is 78.4 Å². The highest BCUT2D eigenvalue weighted by atomic mass is 127. The van der Waals surface area contributed by atoms with E-state index in [0.717, 1.165) is 16.7 Å². The number of rotatable bonds is 8. The first-order valence-electron chi connectivity index (χ1n) is 8.87. The Morgan fingerprint density at radius 1 is 1.23 bits per heavy atom. The Morgan fingerprint density at radius 2 is 1.93 bits per heavy atom. The minimum absolute atomic E-state index is 0. The highest BCUT2D eigenvalue weighted by Crippen LogP contribution is 2.30. The maximum atomic E-state index is 12.6. The number of amides is 1. The van der Waals surface area contributed by atoms with Crippen molar-refractivity contribution in [3.63, 3.8) is 0 Å².